The maximum atomic E-state index is 10.9. The van der Waals surface area contributed by atoms with Gasteiger partial charge in [-0.05, 0) is 24.6 Å². The van der Waals surface area contributed by atoms with Crippen LogP contribution in [-0.2, 0) is 0 Å². The van der Waals surface area contributed by atoms with E-state index >= 15 is 0 Å². The number of aryl methyl sites for hydroxylation is 1. The van der Waals surface area contributed by atoms with Crippen molar-refractivity contribution < 1.29 is 14.5 Å². The third kappa shape index (κ3) is 2.77. The molecule has 0 aliphatic rings. The number of hydrogen-bond acceptors (Lipinski definition) is 4. The van der Waals surface area contributed by atoms with E-state index in [1.807, 2.05) is 0 Å². The fraction of sp³-hybridized carbons (Fsp3) is 0.0714. The van der Waals surface area contributed by atoms with E-state index in [0.717, 1.165) is 5.56 Å². The molecule has 19 heavy (non-hydrogen) atoms. The molecular weight excluding hydrogens is 246 g/mol. The van der Waals surface area contributed by atoms with Gasteiger partial charge in [0.1, 0.15) is 12.0 Å². The second-order valence-corrected chi connectivity index (χ2v) is 3.97. The highest BCUT2D eigenvalue weighted by Crippen LogP contribution is 2.32. The lowest BCUT2D eigenvalue weighted by molar-refractivity contribution is -0.385. The average molecular weight is 257 g/mol. The van der Waals surface area contributed by atoms with Crippen molar-refractivity contribution in [3.63, 3.8) is 0 Å². The van der Waals surface area contributed by atoms with Crippen LogP contribution in [0.25, 0.3) is 0 Å². The summed E-state index contributed by atoms with van der Waals surface area (Å²) in [6, 6.07) is 11.1. The first kappa shape index (κ1) is 12.8. The first-order valence-electron chi connectivity index (χ1n) is 5.59. The molecule has 0 atom stereocenters. The van der Waals surface area contributed by atoms with Crippen LogP contribution < -0.4 is 4.74 Å². The molecule has 0 spiro atoms. The normalized spacial score (nSPS) is 9.95. The Kier molecular flexibility index (Phi) is 3.56. The van der Waals surface area contributed by atoms with Crippen molar-refractivity contribution in [2.24, 2.45) is 0 Å². The summed E-state index contributed by atoms with van der Waals surface area (Å²) in [5, 5.41) is 10.9. The van der Waals surface area contributed by atoms with Crippen LogP contribution in [0, 0.1) is 17.0 Å². The van der Waals surface area contributed by atoms with Gasteiger partial charge < -0.3 is 4.74 Å². The largest absolute Gasteiger partial charge is 0.450 e. The van der Waals surface area contributed by atoms with E-state index in [9.17, 15) is 14.9 Å². The van der Waals surface area contributed by atoms with E-state index < -0.39 is 4.92 Å². The Balaban J connectivity index is 2.41. The van der Waals surface area contributed by atoms with Crippen molar-refractivity contribution in [1.82, 2.24) is 0 Å². The summed E-state index contributed by atoms with van der Waals surface area (Å²) < 4.78 is 5.54. The van der Waals surface area contributed by atoms with E-state index in [-0.39, 0.29) is 11.4 Å². The van der Waals surface area contributed by atoms with Gasteiger partial charge in [-0.25, -0.2) is 0 Å². The highest BCUT2D eigenvalue weighted by molar-refractivity contribution is 5.76. The third-order valence-corrected chi connectivity index (χ3v) is 2.63. The molecule has 0 radical (unpaired) electrons. The zero-order valence-corrected chi connectivity index (χ0v) is 10.2. The maximum absolute atomic E-state index is 10.9. The number of nitro groups is 1. The molecule has 5 heteroatoms. The molecule has 0 heterocycles. The van der Waals surface area contributed by atoms with Gasteiger partial charge >= 0.3 is 5.69 Å². The van der Waals surface area contributed by atoms with Gasteiger partial charge in [-0.15, -0.1) is 0 Å². The van der Waals surface area contributed by atoms with Gasteiger partial charge in [0.2, 0.25) is 5.75 Å². The van der Waals surface area contributed by atoms with Crippen LogP contribution in [-0.4, -0.2) is 11.2 Å². The van der Waals surface area contributed by atoms with Crippen LogP contribution in [0.1, 0.15) is 15.9 Å². The Morgan fingerprint density at radius 2 is 1.89 bits per heavy atom. The molecule has 96 valence electrons. The number of carbonyl (C=O) groups is 1. The lowest BCUT2D eigenvalue weighted by Gasteiger charge is -2.09. The van der Waals surface area contributed by atoms with Crippen LogP contribution in [0.2, 0.25) is 0 Å². The van der Waals surface area contributed by atoms with Gasteiger partial charge in [0, 0.05) is 11.6 Å². The number of ether oxygens (including phenoxy) is 1. The second kappa shape index (κ2) is 5.30. The molecule has 2 rings (SSSR count). The number of benzene rings is 2. The van der Waals surface area contributed by atoms with Crippen molar-refractivity contribution in [3.05, 3.63) is 63.7 Å². The smallest absolute Gasteiger partial charge is 0.311 e. The molecule has 0 bridgehead atoms. The SMILES string of the molecule is Cc1ccc(C=O)cc1Oc1ccccc1[N+](=O)[O-]. The Morgan fingerprint density at radius 3 is 2.58 bits per heavy atom. The van der Waals surface area contributed by atoms with E-state index in [1.165, 1.54) is 12.1 Å². The number of para-hydroxylation sites is 2. The Labute approximate surface area is 109 Å². The Bertz CT molecular complexity index is 637. The van der Waals surface area contributed by atoms with Crippen molar-refractivity contribution >= 4 is 12.0 Å². The van der Waals surface area contributed by atoms with Crippen LogP contribution in [0.3, 0.4) is 0 Å². The van der Waals surface area contributed by atoms with E-state index in [0.29, 0.717) is 17.6 Å². The number of nitrogens with zero attached hydrogens (tertiary/aromatic N) is 1. The van der Waals surface area contributed by atoms with E-state index in [1.54, 1.807) is 37.3 Å². The van der Waals surface area contributed by atoms with Gasteiger partial charge in [-0.1, -0.05) is 24.3 Å². The predicted molar refractivity (Wildman–Crippen MR) is 69.7 cm³/mol. The molecular formula is C14H11NO4. The number of aldehydes is 1. The fourth-order valence-corrected chi connectivity index (χ4v) is 1.61. The van der Waals surface area contributed by atoms with Gasteiger partial charge in [-0.2, -0.15) is 0 Å². The minimum Gasteiger partial charge on any atom is -0.450 e. The summed E-state index contributed by atoms with van der Waals surface area (Å²) in [6.45, 7) is 1.80. The Morgan fingerprint density at radius 1 is 1.16 bits per heavy atom. The summed E-state index contributed by atoms with van der Waals surface area (Å²) in [4.78, 5) is 21.1. The van der Waals surface area contributed by atoms with Crippen molar-refractivity contribution in [2.75, 3.05) is 0 Å². The van der Waals surface area contributed by atoms with Crippen LogP contribution in [0.4, 0.5) is 5.69 Å². The molecule has 0 N–H and O–H groups in total. The summed E-state index contributed by atoms with van der Waals surface area (Å²) >= 11 is 0. The van der Waals surface area contributed by atoms with Crippen LogP contribution in [0.15, 0.2) is 42.5 Å². The lowest BCUT2D eigenvalue weighted by Crippen LogP contribution is -1.95. The molecule has 2 aromatic carbocycles. The summed E-state index contributed by atoms with van der Waals surface area (Å²) in [6.07, 6.45) is 0.700. The number of hydrogen-bond donors (Lipinski definition) is 0. The van der Waals surface area contributed by atoms with Crippen LogP contribution in [0.5, 0.6) is 11.5 Å². The van der Waals surface area contributed by atoms with Crippen molar-refractivity contribution in [3.8, 4) is 11.5 Å². The maximum Gasteiger partial charge on any atom is 0.311 e. The molecule has 0 fully saturated rings. The van der Waals surface area contributed by atoms with Gasteiger partial charge in [0.15, 0.2) is 0 Å². The minimum atomic E-state index is -0.506. The van der Waals surface area contributed by atoms with E-state index in [4.69, 9.17) is 4.74 Å². The molecule has 0 aliphatic heterocycles. The zero-order valence-electron chi connectivity index (χ0n) is 10.2. The standard InChI is InChI=1S/C14H11NO4/c1-10-6-7-11(9-16)8-14(10)19-13-5-3-2-4-12(13)15(17)18/h2-9H,1H3. The third-order valence-electron chi connectivity index (χ3n) is 2.63. The summed E-state index contributed by atoms with van der Waals surface area (Å²) in [5.74, 6) is 0.581. The van der Waals surface area contributed by atoms with E-state index in [2.05, 4.69) is 0 Å². The first-order chi connectivity index (χ1) is 9.11. The molecule has 0 saturated heterocycles. The van der Waals surface area contributed by atoms with Crippen LogP contribution >= 0.6 is 0 Å². The lowest BCUT2D eigenvalue weighted by atomic mass is 10.1. The quantitative estimate of drug-likeness (QED) is 0.477. The monoisotopic (exact) mass is 257 g/mol. The number of carbonyl (C=O) groups excluding carboxylic acids is 1. The van der Waals surface area contributed by atoms with Crippen molar-refractivity contribution in [2.45, 2.75) is 6.92 Å². The first-order valence-corrected chi connectivity index (χ1v) is 5.59. The molecule has 0 saturated carbocycles. The Hall–Kier alpha value is -2.69. The van der Waals surface area contributed by atoms with Crippen molar-refractivity contribution in [1.29, 1.82) is 0 Å². The molecule has 0 unspecified atom stereocenters. The second-order valence-electron chi connectivity index (χ2n) is 3.97. The molecule has 2 aromatic rings. The summed E-state index contributed by atoms with van der Waals surface area (Å²) in [5.41, 5.74) is 1.14. The van der Waals surface area contributed by atoms with Gasteiger partial charge in [0.25, 0.3) is 0 Å². The molecule has 5 nitrogen and oxygen atoms in total. The highest BCUT2D eigenvalue weighted by atomic mass is 16.6. The minimum absolute atomic E-state index is 0.113. The number of nitro benzene ring substituents is 1. The predicted octanol–water partition coefficient (Wildman–Crippen LogP) is 3.51. The molecule has 0 aliphatic carbocycles. The zero-order chi connectivity index (χ0) is 13.8. The average Bonchev–Trinajstić information content (AvgIpc) is 2.41. The van der Waals surface area contributed by atoms with Gasteiger partial charge in [-0.3, -0.25) is 14.9 Å². The number of rotatable bonds is 4. The fourth-order valence-electron chi connectivity index (χ4n) is 1.61. The molecule has 0 amide bonds. The topological polar surface area (TPSA) is 69.4 Å². The highest BCUT2D eigenvalue weighted by Gasteiger charge is 2.15. The summed E-state index contributed by atoms with van der Waals surface area (Å²) in [7, 11) is 0. The van der Waals surface area contributed by atoms with Gasteiger partial charge in [0.05, 0.1) is 4.92 Å². The molecule has 0 aromatic heterocycles.